The third-order valence-electron chi connectivity index (χ3n) is 1.13. The van der Waals surface area contributed by atoms with Crippen LogP contribution in [0.15, 0.2) is 29.1 Å². The fourth-order valence-corrected chi connectivity index (χ4v) is 1.24. The molecule has 0 aliphatic carbocycles. The van der Waals surface area contributed by atoms with Crippen LogP contribution in [-0.4, -0.2) is 9.53 Å². The lowest BCUT2D eigenvalue weighted by Gasteiger charge is -1.80. The van der Waals surface area contributed by atoms with Crippen molar-refractivity contribution >= 4 is 11.5 Å². The van der Waals surface area contributed by atoms with Gasteiger partial charge in [-0.3, -0.25) is 0 Å². The van der Waals surface area contributed by atoms with Gasteiger partial charge in [0.1, 0.15) is 12.0 Å². The Hall–Kier alpha value is -1.16. The first-order valence-electron chi connectivity index (χ1n) is 2.78. The van der Waals surface area contributed by atoms with Gasteiger partial charge in [-0.1, -0.05) is 5.16 Å². The van der Waals surface area contributed by atoms with Crippen molar-refractivity contribution in [1.29, 1.82) is 0 Å². The zero-order valence-electron chi connectivity index (χ0n) is 5.02. The highest BCUT2D eigenvalue weighted by Crippen LogP contribution is 2.19. The van der Waals surface area contributed by atoms with Crippen molar-refractivity contribution in [2.24, 2.45) is 0 Å². The molecule has 0 bridgehead atoms. The predicted octanol–water partition coefficient (Wildman–Crippen LogP) is 1.80. The van der Waals surface area contributed by atoms with E-state index in [4.69, 9.17) is 0 Å². The molecule has 50 valence electrons. The summed E-state index contributed by atoms with van der Waals surface area (Å²) in [5, 5.41) is 3.75. The average Bonchev–Trinajstić information content (AvgIpc) is 2.59. The van der Waals surface area contributed by atoms with Gasteiger partial charge in [0.25, 0.3) is 0 Å². The Kier molecular flexibility index (Phi) is 1.25. The van der Waals surface area contributed by atoms with Crippen LogP contribution in [0.4, 0.5) is 0 Å². The molecule has 0 amide bonds. The molecular formula is C6H4N2OS. The van der Waals surface area contributed by atoms with Crippen LogP contribution < -0.4 is 0 Å². The molecule has 0 spiro atoms. The van der Waals surface area contributed by atoms with E-state index in [9.17, 15) is 0 Å². The highest BCUT2D eigenvalue weighted by molar-refractivity contribution is 7.09. The molecule has 0 saturated carbocycles. The van der Waals surface area contributed by atoms with E-state index in [-0.39, 0.29) is 0 Å². The van der Waals surface area contributed by atoms with E-state index in [1.54, 1.807) is 12.5 Å². The highest BCUT2D eigenvalue weighted by Gasteiger charge is 2.00. The molecule has 0 unspecified atom stereocenters. The number of hydrogen-bond acceptors (Lipinski definition) is 4. The van der Waals surface area contributed by atoms with Crippen molar-refractivity contribution in [2.75, 3.05) is 0 Å². The maximum Gasteiger partial charge on any atom is 0.125 e. The SMILES string of the molecule is c1cc(-c2ccon2)sn1. The van der Waals surface area contributed by atoms with E-state index in [1.165, 1.54) is 11.5 Å². The van der Waals surface area contributed by atoms with E-state index in [1.807, 2.05) is 12.1 Å². The average molecular weight is 152 g/mol. The van der Waals surface area contributed by atoms with Crippen LogP contribution in [0.5, 0.6) is 0 Å². The topological polar surface area (TPSA) is 38.9 Å². The summed E-state index contributed by atoms with van der Waals surface area (Å²) in [4.78, 5) is 1.04. The quantitative estimate of drug-likeness (QED) is 0.625. The third kappa shape index (κ3) is 0.823. The Morgan fingerprint density at radius 1 is 1.40 bits per heavy atom. The van der Waals surface area contributed by atoms with E-state index < -0.39 is 0 Å². The Morgan fingerprint density at radius 3 is 3.00 bits per heavy atom. The second-order valence-electron chi connectivity index (χ2n) is 1.76. The summed E-state index contributed by atoms with van der Waals surface area (Å²) in [6.07, 6.45) is 3.30. The zero-order chi connectivity index (χ0) is 6.81. The molecule has 2 rings (SSSR count). The fraction of sp³-hybridized carbons (Fsp3) is 0. The molecule has 4 heteroatoms. The molecule has 0 saturated heterocycles. The summed E-state index contributed by atoms with van der Waals surface area (Å²) < 4.78 is 8.61. The summed E-state index contributed by atoms with van der Waals surface area (Å²) >= 11 is 1.41. The minimum absolute atomic E-state index is 0.850. The van der Waals surface area contributed by atoms with E-state index in [0.29, 0.717) is 0 Å². The molecule has 0 N–H and O–H groups in total. The zero-order valence-corrected chi connectivity index (χ0v) is 5.84. The van der Waals surface area contributed by atoms with Crippen LogP contribution in [0.3, 0.4) is 0 Å². The van der Waals surface area contributed by atoms with Crippen LogP contribution in [0.2, 0.25) is 0 Å². The Morgan fingerprint density at radius 2 is 2.40 bits per heavy atom. The van der Waals surface area contributed by atoms with Crippen molar-refractivity contribution in [2.45, 2.75) is 0 Å². The minimum atomic E-state index is 0.850. The van der Waals surface area contributed by atoms with Gasteiger partial charge >= 0.3 is 0 Å². The van der Waals surface area contributed by atoms with Gasteiger partial charge in [0.05, 0.1) is 4.88 Å². The second-order valence-corrected chi connectivity index (χ2v) is 2.59. The van der Waals surface area contributed by atoms with Crippen LogP contribution in [0.1, 0.15) is 0 Å². The third-order valence-corrected chi connectivity index (χ3v) is 1.90. The smallest absolute Gasteiger partial charge is 0.125 e. The summed E-state index contributed by atoms with van der Waals surface area (Å²) in [7, 11) is 0. The Balaban J connectivity index is 2.48. The van der Waals surface area contributed by atoms with Crippen molar-refractivity contribution < 1.29 is 4.52 Å². The molecule has 0 atom stereocenters. The molecule has 10 heavy (non-hydrogen) atoms. The van der Waals surface area contributed by atoms with Gasteiger partial charge in [-0.2, -0.15) is 0 Å². The largest absolute Gasteiger partial charge is 0.364 e. The first-order chi connectivity index (χ1) is 4.97. The van der Waals surface area contributed by atoms with E-state index in [0.717, 1.165) is 10.6 Å². The van der Waals surface area contributed by atoms with Crippen LogP contribution in [-0.2, 0) is 0 Å². The van der Waals surface area contributed by atoms with Crippen molar-refractivity contribution in [3.8, 4) is 10.6 Å². The summed E-state index contributed by atoms with van der Waals surface area (Å²) in [6.45, 7) is 0. The maximum absolute atomic E-state index is 4.67. The number of hydrogen-bond donors (Lipinski definition) is 0. The first kappa shape index (κ1) is 5.61. The molecule has 0 fully saturated rings. The Labute approximate surface area is 61.5 Å². The fourth-order valence-electron chi connectivity index (χ4n) is 0.688. The molecule has 2 aromatic heterocycles. The van der Waals surface area contributed by atoms with Gasteiger partial charge in [0, 0.05) is 12.3 Å². The lowest BCUT2D eigenvalue weighted by Crippen LogP contribution is -1.65. The number of aromatic nitrogens is 2. The van der Waals surface area contributed by atoms with Gasteiger partial charge in [-0.05, 0) is 17.6 Å². The van der Waals surface area contributed by atoms with Crippen LogP contribution in [0.25, 0.3) is 10.6 Å². The normalized spacial score (nSPS) is 10.0. The van der Waals surface area contributed by atoms with Crippen molar-refractivity contribution in [3.63, 3.8) is 0 Å². The second kappa shape index (κ2) is 2.22. The molecule has 0 aliphatic rings. The predicted molar refractivity (Wildman–Crippen MR) is 37.6 cm³/mol. The maximum atomic E-state index is 4.67. The van der Waals surface area contributed by atoms with Crippen LogP contribution in [0, 0.1) is 0 Å². The standard InChI is InChI=1S/C6H4N2OS/c1-3-7-10-6(1)5-2-4-9-8-5/h1-4H. The number of nitrogens with zero attached hydrogens (tertiary/aromatic N) is 2. The Bertz CT molecular complexity index is 255. The summed E-state index contributed by atoms with van der Waals surface area (Å²) in [6, 6.07) is 3.72. The summed E-state index contributed by atoms with van der Waals surface area (Å²) in [5.74, 6) is 0. The van der Waals surface area contributed by atoms with E-state index >= 15 is 0 Å². The molecule has 0 radical (unpaired) electrons. The van der Waals surface area contributed by atoms with Gasteiger partial charge < -0.3 is 4.52 Å². The van der Waals surface area contributed by atoms with Gasteiger partial charge in [0.15, 0.2) is 0 Å². The monoisotopic (exact) mass is 152 g/mol. The lowest BCUT2D eigenvalue weighted by molar-refractivity contribution is 0.422. The van der Waals surface area contributed by atoms with Gasteiger partial charge in [-0.25, -0.2) is 4.37 Å². The van der Waals surface area contributed by atoms with Crippen LogP contribution >= 0.6 is 11.5 Å². The number of rotatable bonds is 1. The highest BCUT2D eigenvalue weighted by atomic mass is 32.1. The summed E-state index contributed by atoms with van der Waals surface area (Å²) in [5.41, 5.74) is 0.850. The minimum Gasteiger partial charge on any atom is -0.364 e. The molecule has 0 aliphatic heterocycles. The molecule has 2 aromatic rings. The van der Waals surface area contributed by atoms with Crippen molar-refractivity contribution in [3.05, 3.63) is 24.6 Å². The first-order valence-corrected chi connectivity index (χ1v) is 3.55. The van der Waals surface area contributed by atoms with Crippen molar-refractivity contribution in [1.82, 2.24) is 9.53 Å². The molecule has 3 nitrogen and oxygen atoms in total. The molecular weight excluding hydrogens is 148 g/mol. The van der Waals surface area contributed by atoms with Gasteiger partial charge in [-0.15, -0.1) is 0 Å². The molecule has 2 heterocycles. The van der Waals surface area contributed by atoms with E-state index in [2.05, 4.69) is 14.1 Å². The van der Waals surface area contributed by atoms with Gasteiger partial charge in [0.2, 0.25) is 0 Å². The molecule has 0 aromatic carbocycles. The lowest BCUT2D eigenvalue weighted by atomic mass is 10.4.